The number of pyridine rings is 1. The number of hydrogen-bond donors (Lipinski definition) is 2. The highest BCUT2D eigenvalue weighted by molar-refractivity contribution is 5.67. The molecular formula is C29H30N2O4. The molecule has 0 bridgehead atoms. The average Bonchev–Trinajstić information content (AvgIpc) is 3.28. The molecule has 0 amide bonds. The molecule has 2 heterocycles. The summed E-state index contributed by atoms with van der Waals surface area (Å²) < 4.78 is 6.27. The quantitative estimate of drug-likeness (QED) is 0.304. The summed E-state index contributed by atoms with van der Waals surface area (Å²) >= 11 is 0. The highest BCUT2D eigenvalue weighted by Crippen LogP contribution is 2.31. The molecule has 35 heavy (non-hydrogen) atoms. The number of aliphatic hydroxyl groups is 1. The highest BCUT2D eigenvalue weighted by Gasteiger charge is 2.22. The predicted octanol–water partition coefficient (Wildman–Crippen LogP) is 5.81. The Morgan fingerprint density at radius 3 is 2.46 bits per heavy atom. The van der Waals surface area contributed by atoms with Gasteiger partial charge in [-0.25, -0.2) is 4.98 Å². The lowest BCUT2D eigenvalue weighted by atomic mass is 9.96. The van der Waals surface area contributed by atoms with Crippen molar-refractivity contribution in [2.45, 2.75) is 45.4 Å². The molecule has 0 aliphatic heterocycles. The van der Waals surface area contributed by atoms with Crippen LogP contribution in [0.2, 0.25) is 0 Å². The largest absolute Gasteiger partial charge is 0.481 e. The first kappa shape index (κ1) is 24.4. The Kier molecular flexibility index (Phi) is 7.73. The fourth-order valence-electron chi connectivity index (χ4n) is 4.23. The van der Waals surface area contributed by atoms with Crippen molar-refractivity contribution in [2.75, 3.05) is 6.61 Å². The van der Waals surface area contributed by atoms with Gasteiger partial charge in [-0.2, -0.15) is 0 Å². The molecule has 0 fully saturated rings. The maximum atomic E-state index is 10.9. The van der Waals surface area contributed by atoms with E-state index < -0.39 is 5.97 Å². The van der Waals surface area contributed by atoms with Gasteiger partial charge in [-0.1, -0.05) is 43.3 Å². The molecule has 0 radical (unpaired) electrons. The Bertz CT molecular complexity index is 1280. The summed E-state index contributed by atoms with van der Waals surface area (Å²) in [6, 6.07) is 19.9. The molecule has 1 atom stereocenters. The second kappa shape index (κ2) is 11.1. The molecule has 6 nitrogen and oxygen atoms in total. The Balaban J connectivity index is 1.62. The van der Waals surface area contributed by atoms with E-state index in [1.807, 2.05) is 68.4 Å². The van der Waals surface area contributed by atoms with Crippen molar-refractivity contribution >= 4 is 5.97 Å². The molecule has 180 valence electrons. The zero-order valence-corrected chi connectivity index (χ0v) is 20.1. The van der Waals surface area contributed by atoms with Crippen molar-refractivity contribution in [1.29, 1.82) is 0 Å². The Morgan fingerprint density at radius 2 is 1.83 bits per heavy atom. The van der Waals surface area contributed by atoms with E-state index in [0.29, 0.717) is 18.7 Å². The summed E-state index contributed by atoms with van der Waals surface area (Å²) in [6.45, 7) is 4.03. The van der Waals surface area contributed by atoms with Crippen LogP contribution < -0.4 is 0 Å². The van der Waals surface area contributed by atoms with Gasteiger partial charge in [0.1, 0.15) is 5.76 Å². The summed E-state index contributed by atoms with van der Waals surface area (Å²) in [4.78, 5) is 20.1. The molecule has 2 aromatic carbocycles. The maximum absolute atomic E-state index is 10.9. The van der Waals surface area contributed by atoms with Crippen molar-refractivity contribution in [3.05, 3.63) is 95.0 Å². The second-order valence-electron chi connectivity index (χ2n) is 8.74. The molecule has 0 saturated heterocycles. The molecule has 4 rings (SSSR count). The normalized spacial score (nSPS) is 12.0. The van der Waals surface area contributed by atoms with Crippen molar-refractivity contribution in [2.24, 2.45) is 0 Å². The number of hydrogen-bond acceptors (Lipinski definition) is 5. The summed E-state index contributed by atoms with van der Waals surface area (Å²) in [7, 11) is 0. The van der Waals surface area contributed by atoms with Crippen molar-refractivity contribution in [3.63, 3.8) is 0 Å². The van der Waals surface area contributed by atoms with Gasteiger partial charge in [0, 0.05) is 36.1 Å². The molecule has 2 N–H and O–H groups in total. The second-order valence-corrected chi connectivity index (χ2v) is 8.74. The van der Waals surface area contributed by atoms with Gasteiger partial charge in [-0.15, -0.1) is 0 Å². The van der Waals surface area contributed by atoms with Crippen molar-refractivity contribution < 1.29 is 19.4 Å². The number of rotatable bonds is 10. The first-order valence-corrected chi connectivity index (χ1v) is 11.9. The lowest BCUT2D eigenvalue weighted by molar-refractivity contribution is -0.136. The van der Waals surface area contributed by atoms with Crippen LogP contribution >= 0.6 is 0 Å². The van der Waals surface area contributed by atoms with Gasteiger partial charge in [-0.05, 0) is 60.7 Å². The number of aliphatic hydroxyl groups excluding tert-OH is 1. The third-order valence-corrected chi connectivity index (χ3v) is 6.30. The molecule has 6 heteroatoms. The van der Waals surface area contributed by atoms with E-state index in [4.69, 9.17) is 14.5 Å². The minimum atomic E-state index is -0.796. The van der Waals surface area contributed by atoms with Crippen LogP contribution in [-0.4, -0.2) is 32.8 Å². The minimum Gasteiger partial charge on any atom is -0.481 e. The van der Waals surface area contributed by atoms with Crippen molar-refractivity contribution in [1.82, 2.24) is 9.97 Å². The van der Waals surface area contributed by atoms with Crippen LogP contribution in [0, 0.1) is 6.92 Å². The van der Waals surface area contributed by atoms with Gasteiger partial charge < -0.3 is 14.6 Å². The molecule has 2 aromatic heterocycles. The lowest BCUT2D eigenvalue weighted by Crippen LogP contribution is -2.06. The number of aryl methyl sites for hydroxylation is 2. The summed E-state index contributed by atoms with van der Waals surface area (Å²) in [5.41, 5.74) is 6.72. The number of benzene rings is 2. The Hall–Kier alpha value is -3.77. The minimum absolute atomic E-state index is 0.00123. The van der Waals surface area contributed by atoms with Crippen LogP contribution in [0.1, 0.15) is 53.8 Å². The van der Waals surface area contributed by atoms with Crippen molar-refractivity contribution in [3.8, 4) is 22.7 Å². The fourth-order valence-corrected chi connectivity index (χ4v) is 4.23. The van der Waals surface area contributed by atoms with Gasteiger partial charge >= 0.3 is 5.97 Å². The van der Waals surface area contributed by atoms with Crippen LogP contribution in [-0.2, 0) is 17.6 Å². The first-order chi connectivity index (χ1) is 17.0. The molecule has 0 aliphatic carbocycles. The van der Waals surface area contributed by atoms with E-state index >= 15 is 0 Å². The summed E-state index contributed by atoms with van der Waals surface area (Å²) in [5.74, 6) is 0.373. The van der Waals surface area contributed by atoms with Crippen LogP contribution in [0.25, 0.3) is 22.7 Å². The zero-order chi connectivity index (χ0) is 24.8. The van der Waals surface area contributed by atoms with Gasteiger partial charge in [-0.3, -0.25) is 9.78 Å². The molecule has 0 saturated carbocycles. The predicted molar refractivity (Wildman–Crippen MR) is 135 cm³/mol. The maximum Gasteiger partial charge on any atom is 0.303 e. The fraction of sp³-hybridized carbons (Fsp3) is 0.276. The van der Waals surface area contributed by atoms with Gasteiger partial charge in [0.2, 0.25) is 5.89 Å². The first-order valence-electron chi connectivity index (χ1n) is 11.9. The van der Waals surface area contributed by atoms with E-state index in [9.17, 15) is 9.90 Å². The van der Waals surface area contributed by atoms with Gasteiger partial charge in [0.15, 0.2) is 0 Å². The Morgan fingerprint density at radius 1 is 1.06 bits per heavy atom. The van der Waals surface area contributed by atoms with Crippen LogP contribution in [0.5, 0.6) is 0 Å². The summed E-state index contributed by atoms with van der Waals surface area (Å²) in [5, 5.41) is 18.9. The van der Waals surface area contributed by atoms with Crippen LogP contribution in [0.4, 0.5) is 0 Å². The lowest BCUT2D eigenvalue weighted by Gasteiger charge is -2.11. The van der Waals surface area contributed by atoms with Crippen LogP contribution in [0.15, 0.2) is 71.3 Å². The third kappa shape index (κ3) is 5.84. The average molecular weight is 471 g/mol. The Labute approximate surface area is 205 Å². The molecule has 4 aromatic rings. The number of nitrogens with zero attached hydrogens (tertiary/aromatic N) is 2. The molecule has 0 spiro atoms. The topological polar surface area (TPSA) is 96.5 Å². The third-order valence-electron chi connectivity index (χ3n) is 6.30. The number of carboxylic acid groups (broad SMARTS) is 1. The number of carbonyl (C=O) groups is 1. The zero-order valence-electron chi connectivity index (χ0n) is 20.1. The molecule has 1 unspecified atom stereocenters. The highest BCUT2D eigenvalue weighted by atomic mass is 16.4. The van der Waals surface area contributed by atoms with E-state index in [-0.39, 0.29) is 18.9 Å². The molecule has 0 aliphatic rings. The van der Waals surface area contributed by atoms with E-state index in [1.54, 1.807) is 6.20 Å². The number of carboxylic acids is 1. The van der Waals surface area contributed by atoms with Crippen LogP contribution in [0.3, 0.4) is 0 Å². The van der Waals surface area contributed by atoms with Gasteiger partial charge in [0.25, 0.3) is 0 Å². The number of aliphatic carboxylic acids is 1. The number of aromatic nitrogens is 2. The monoisotopic (exact) mass is 470 g/mol. The number of oxazole rings is 1. The van der Waals surface area contributed by atoms with E-state index in [1.165, 1.54) is 0 Å². The SMILES string of the molecule is CCC(CO)c1nc(-c2ccc(-c3ccccn3)cc2)oc1Cc1ccc(CCC(=O)O)c(C)c1. The van der Waals surface area contributed by atoms with Gasteiger partial charge in [0.05, 0.1) is 18.0 Å². The smallest absolute Gasteiger partial charge is 0.303 e. The standard InChI is InChI=1S/C29H30N2O4/c1-3-21(18-32)28-26(17-20-7-8-22(19(2)16-20)13-14-27(33)34)35-29(31-28)24-11-9-23(10-12-24)25-6-4-5-15-30-25/h4-12,15-16,21,32H,3,13-14,17-18H2,1-2H3,(H,33,34). The van der Waals surface area contributed by atoms with E-state index in [2.05, 4.69) is 11.1 Å². The van der Waals surface area contributed by atoms with E-state index in [0.717, 1.165) is 51.4 Å². The molecular weight excluding hydrogens is 440 g/mol. The summed E-state index contributed by atoms with van der Waals surface area (Å²) in [6.07, 6.45) is 3.70.